The molecule has 2 atom stereocenters. The highest BCUT2D eigenvalue weighted by atomic mass is 16.3. The summed E-state index contributed by atoms with van der Waals surface area (Å²) in [4.78, 5) is 12.6. The number of amides is 1. The van der Waals surface area contributed by atoms with Crippen molar-refractivity contribution in [3.63, 3.8) is 0 Å². The van der Waals surface area contributed by atoms with Gasteiger partial charge in [0, 0.05) is 6.42 Å². The maximum Gasteiger partial charge on any atom is 0.220 e. The Kier molecular flexibility index (Phi) is 64.2. The van der Waals surface area contributed by atoms with Crippen LogP contribution in [0, 0.1) is 0 Å². The molecule has 0 saturated carbocycles. The summed E-state index contributed by atoms with van der Waals surface area (Å²) >= 11 is 0. The molecule has 4 nitrogen and oxygen atoms in total. The van der Waals surface area contributed by atoms with Crippen molar-refractivity contribution in [3.05, 3.63) is 97.2 Å². The largest absolute Gasteiger partial charge is 0.394 e. The molecule has 3 N–H and O–H groups in total. The Hall–Kier alpha value is -2.69. The zero-order valence-electron chi connectivity index (χ0n) is 50.8. The van der Waals surface area contributed by atoms with Crippen molar-refractivity contribution < 1.29 is 15.0 Å². The molecule has 0 aliphatic rings. The lowest BCUT2D eigenvalue weighted by atomic mass is 10.0. The first kappa shape index (κ1) is 73.3. The van der Waals surface area contributed by atoms with E-state index >= 15 is 0 Å². The zero-order valence-corrected chi connectivity index (χ0v) is 50.8. The van der Waals surface area contributed by atoms with Crippen molar-refractivity contribution in [2.75, 3.05) is 6.61 Å². The molecule has 76 heavy (non-hydrogen) atoms. The van der Waals surface area contributed by atoms with E-state index in [9.17, 15) is 15.0 Å². The van der Waals surface area contributed by atoms with Gasteiger partial charge in [-0.2, -0.15) is 0 Å². The van der Waals surface area contributed by atoms with E-state index < -0.39 is 12.1 Å². The van der Waals surface area contributed by atoms with E-state index in [4.69, 9.17) is 0 Å². The van der Waals surface area contributed by atoms with Crippen LogP contribution in [0.2, 0.25) is 0 Å². The van der Waals surface area contributed by atoms with Crippen LogP contribution in [0.15, 0.2) is 97.2 Å². The SMILES string of the molecule is CC/C=C\C/C=C\C/C=C\C/C=C\C/C=C\C/C=C\C/C=C\C/C=C\CCCCCCCCCCCCCCC(=O)NC(CO)C(O)CCCCCCCCCCCCCCCCCCCCCCCCCCCCC. The van der Waals surface area contributed by atoms with Crippen LogP contribution in [-0.2, 0) is 4.79 Å². The standard InChI is InChI=1S/C72H129NO3/c1-3-5-7-9-11-13-15-17-19-21-23-25-27-29-31-32-33-34-35-36-37-38-39-40-42-44-46-48-50-52-54-56-58-60-62-64-66-68-72(76)73-70(69-74)71(75)67-65-63-61-59-57-55-53-51-49-47-45-43-41-30-28-26-24-22-20-18-16-14-12-10-8-6-4-2/h5,7,11,13,17,19,23,25,29,31,33-34,36-37,39-40,70-71,74-75H,3-4,6,8-10,12,14-16,18,20-22,24,26-28,30,32,35,38,41-69H2,1-2H3,(H,73,76)/b7-5-,13-11-,19-17-,25-23-,31-29-,34-33-,37-36-,40-39-. The van der Waals surface area contributed by atoms with Gasteiger partial charge in [0.15, 0.2) is 0 Å². The lowest BCUT2D eigenvalue weighted by Gasteiger charge is -2.22. The number of carbonyl (C=O) groups excluding carboxylic acids is 1. The molecular weight excluding hydrogens is 927 g/mol. The van der Waals surface area contributed by atoms with Crippen LogP contribution in [0.1, 0.15) is 335 Å². The highest BCUT2D eigenvalue weighted by Gasteiger charge is 2.20. The molecule has 0 radical (unpaired) electrons. The third-order valence-electron chi connectivity index (χ3n) is 15.1. The van der Waals surface area contributed by atoms with Crippen molar-refractivity contribution in [1.82, 2.24) is 5.32 Å². The molecule has 0 aliphatic heterocycles. The number of aliphatic hydroxyl groups excluding tert-OH is 2. The number of unbranched alkanes of at least 4 members (excludes halogenated alkanes) is 38. The second kappa shape index (κ2) is 66.6. The molecule has 4 heteroatoms. The van der Waals surface area contributed by atoms with Crippen molar-refractivity contribution >= 4 is 5.91 Å². The zero-order chi connectivity index (χ0) is 54.8. The minimum absolute atomic E-state index is 0.0325. The van der Waals surface area contributed by atoms with Gasteiger partial charge in [-0.25, -0.2) is 0 Å². The Morgan fingerprint density at radius 3 is 0.868 bits per heavy atom. The Morgan fingerprint density at radius 2 is 0.579 bits per heavy atom. The van der Waals surface area contributed by atoms with Crippen LogP contribution in [0.4, 0.5) is 0 Å². The monoisotopic (exact) mass is 1060 g/mol. The summed E-state index contributed by atoms with van der Waals surface area (Å²) in [6, 6.07) is -0.544. The summed E-state index contributed by atoms with van der Waals surface area (Å²) in [7, 11) is 0. The molecule has 0 aromatic heterocycles. The van der Waals surface area contributed by atoms with Crippen molar-refractivity contribution in [3.8, 4) is 0 Å². The molecule has 0 saturated heterocycles. The summed E-state index contributed by atoms with van der Waals surface area (Å²) in [5, 5.41) is 23.4. The predicted molar refractivity (Wildman–Crippen MR) is 340 cm³/mol. The van der Waals surface area contributed by atoms with E-state index in [1.54, 1.807) is 0 Å². The van der Waals surface area contributed by atoms with Gasteiger partial charge in [0.1, 0.15) is 0 Å². The van der Waals surface area contributed by atoms with Gasteiger partial charge in [0.25, 0.3) is 0 Å². The Balaban J connectivity index is 3.49. The smallest absolute Gasteiger partial charge is 0.220 e. The normalized spacial score (nSPS) is 13.4. The number of hydrogen-bond acceptors (Lipinski definition) is 3. The van der Waals surface area contributed by atoms with Gasteiger partial charge in [-0.3, -0.25) is 4.79 Å². The first-order valence-corrected chi connectivity index (χ1v) is 33.4. The highest BCUT2D eigenvalue weighted by molar-refractivity contribution is 5.76. The van der Waals surface area contributed by atoms with Crippen LogP contribution in [0.3, 0.4) is 0 Å². The van der Waals surface area contributed by atoms with Crippen molar-refractivity contribution in [1.29, 1.82) is 0 Å². The third-order valence-corrected chi connectivity index (χ3v) is 15.1. The number of nitrogens with one attached hydrogen (secondary N) is 1. The molecule has 0 aromatic carbocycles. The fraction of sp³-hybridized carbons (Fsp3) is 0.764. The molecule has 0 aromatic rings. The van der Waals surface area contributed by atoms with Crippen LogP contribution in [0.5, 0.6) is 0 Å². The van der Waals surface area contributed by atoms with E-state index in [1.165, 1.54) is 231 Å². The molecule has 0 heterocycles. The van der Waals surface area contributed by atoms with Gasteiger partial charge in [-0.05, 0) is 77.0 Å². The van der Waals surface area contributed by atoms with Crippen LogP contribution in [-0.4, -0.2) is 34.9 Å². The van der Waals surface area contributed by atoms with Gasteiger partial charge in [-0.15, -0.1) is 0 Å². The maximum absolute atomic E-state index is 12.6. The molecule has 0 aliphatic carbocycles. The summed E-state index contributed by atoms with van der Waals surface area (Å²) in [6.45, 7) is 4.27. The van der Waals surface area contributed by atoms with E-state index in [0.717, 1.165) is 77.0 Å². The minimum Gasteiger partial charge on any atom is -0.394 e. The molecular formula is C72H129NO3. The lowest BCUT2D eigenvalue weighted by molar-refractivity contribution is -0.123. The van der Waals surface area contributed by atoms with Gasteiger partial charge >= 0.3 is 0 Å². The second-order valence-electron chi connectivity index (χ2n) is 22.5. The average Bonchev–Trinajstić information content (AvgIpc) is 3.42. The molecule has 0 bridgehead atoms. The molecule has 0 fully saturated rings. The fourth-order valence-corrected chi connectivity index (χ4v) is 10.1. The predicted octanol–water partition coefficient (Wildman–Crippen LogP) is 22.8. The van der Waals surface area contributed by atoms with Gasteiger partial charge in [-0.1, -0.05) is 349 Å². The van der Waals surface area contributed by atoms with Crippen LogP contribution < -0.4 is 5.32 Å². The molecule has 0 rings (SSSR count). The number of carbonyl (C=O) groups is 1. The molecule has 2 unspecified atom stereocenters. The molecule has 1 amide bonds. The van der Waals surface area contributed by atoms with E-state index in [2.05, 4.69) is 116 Å². The Labute approximate surface area is 474 Å². The van der Waals surface area contributed by atoms with Crippen molar-refractivity contribution in [2.24, 2.45) is 0 Å². The van der Waals surface area contributed by atoms with E-state index in [1.807, 2.05) is 0 Å². The quantitative estimate of drug-likeness (QED) is 0.0420. The van der Waals surface area contributed by atoms with E-state index in [0.29, 0.717) is 12.8 Å². The molecule has 440 valence electrons. The number of allylic oxidation sites excluding steroid dienone is 16. The summed E-state index contributed by atoms with van der Waals surface area (Å²) in [5.41, 5.74) is 0. The summed E-state index contributed by atoms with van der Waals surface area (Å²) in [5.74, 6) is -0.0325. The van der Waals surface area contributed by atoms with E-state index in [-0.39, 0.29) is 12.5 Å². The maximum atomic E-state index is 12.6. The topological polar surface area (TPSA) is 69.6 Å². The van der Waals surface area contributed by atoms with Gasteiger partial charge in [0.05, 0.1) is 18.8 Å². The average molecular weight is 1060 g/mol. The minimum atomic E-state index is -0.667. The second-order valence-corrected chi connectivity index (χ2v) is 22.5. The first-order chi connectivity index (χ1) is 37.7. The summed E-state index contributed by atoms with van der Waals surface area (Å²) < 4.78 is 0. The van der Waals surface area contributed by atoms with Crippen molar-refractivity contribution in [2.45, 2.75) is 347 Å². The number of rotatable bonds is 61. The van der Waals surface area contributed by atoms with Crippen LogP contribution in [0.25, 0.3) is 0 Å². The first-order valence-electron chi connectivity index (χ1n) is 33.4. The number of hydrogen-bond donors (Lipinski definition) is 3. The Morgan fingerprint density at radius 1 is 0.329 bits per heavy atom. The van der Waals surface area contributed by atoms with Gasteiger partial charge < -0.3 is 15.5 Å². The van der Waals surface area contributed by atoms with Gasteiger partial charge in [0.2, 0.25) is 5.91 Å². The Bertz CT molecular complexity index is 1380. The summed E-state index contributed by atoms with van der Waals surface area (Å²) in [6.07, 6.45) is 98.6. The highest BCUT2D eigenvalue weighted by Crippen LogP contribution is 2.18. The van der Waals surface area contributed by atoms with Crippen LogP contribution >= 0.6 is 0 Å². The molecule has 0 spiro atoms. The fourth-order valence-electron chi connectivity index (χ4n) is 10.1. The third kappa shape index (κ3) is 62.2. The lowest BCUT2D eigenvalue weighted by Crippen LogP contribution is -2.45. The number of aliphatic hydroxyl groups is 2.